The van der Waals surface area contributed by atoms with E-state index in [2.05, 4.69) is 16.4 Å². The smallest absolute Gasteiger partial charge is 0.272 e. The highest BCUT2D eigenvalue weighted by Crippen LogP contribution is 2.28. The van der Waals surface area contributed by atoms with E-state index in [4.69, 9.17) is 11.3 Å². The number of nitrogens with one attached hydrogen (secondary N) is 2. The Balaban J connectivity index is 2.02. The molecule has 27 heavy (non-hydrogen) atoms. The number of benzene rings is 2. The summed E-state index contributed by atoms with van der Waals surface area (Å²) >= 11 is 0. The van der Waals surface area contributed by atoms with Gasteiger partial charge in [0.25, 0.3) is 5.91 Å². The summed E-state index contributed by atoms with van der Waals surface area (Å²) in [4.78, 5) is 16.9. The third-order valence-corrected chi connectivity index (χ3v) is 4.37. The summed E-state index contributed by atoms with van der Waals surface area (Å²) in [6.45, 7) is 2.00. The Kier molecular flexibility index (Phi) is 5.28. The molecule has 3 aromatic rings. The van der Waals surface area contributed by atoms with Crippen LogP contribution in [0.2, 0.25) is 0 Å². The molecule has 136 valence electrons. The molecule has 1 heterocycles. The lowest BCUT2D eigenvalue weighted by Crippen LogP contribution is -2.37. The maximum atomic E-state index is 12.7. The number of nitrogens with zero attached hydrogens (tertiary/aromatic N) is 2. The lowest BCUT2D eigenvalue weighted by molar-refractivity contribution is 0.0814. The zero-order valence-corrected chi connectivity index (χ0v) is 15.2. The summed E-state index contributed by atoms with van der Waals surface area (Å²) in [5, 5.41) is 13.3. The highest BCUT2D eigenvalue weighted by atomic mass is 16.2. The van der Waals surface area contributed by atoms with Crippen LogP contribution in [0, 0.1) is 12.3 Å². The molecule has 1 amide bonds. The van der Waals surface area contributed by atoms with Crippen LogP contribution in [0.5, 0.6) is 0 Å². The minimum Gasteiger partial charge on any atom is -0.392 e. The lowest BCUT2D eigenvalue weighted by Gasteiger charge is -2.18. The van der Waals surface area contributed by atoms with Gasteiger partial charge in [0.15, 0.2) is 0 Å². The average molecular weight is 359 g/mol. The second kappa shape index (κ2) is 7.80. The Labute approximate surface area is 157 Å². The van der Waals surface area contributed by atoms with Crippen LogP contribution in [0.15, 0.2) is 66.8 Å². The van der Waals surface area contributed by atoms with Crippen LogP contribution in [0.4, 0.5) is 0 Å². The van der Waals surface area contributed by atoms with E-state index >= 15 is 0 Å². The fraction of sp³-hybridized carbons (Fsp3) is 0.0952. The zero-order chi connectivity index (χ0) is 19.4. The summed E-state index contributed by atoms with van der Waals surface area (Å²) in [6.07, 6.45) is 6.11. The van der Waals surface area contributed by atoms with Crippen molar-refractivity contribution in [2.24, 2.45) is 5.84 Å². The van der Waals surface area contributed by atoms with Crippen molar-refractivity contribution in [3.05, 3.63) is 77.9 Å². The van der Waals surface area contributed by atoms with Gasteiger partial charge in [-0.15, -0.1) is 0 Å². The molecule has 6 heteroatoms. The molecule has 0 fully saturated rings. The number of pyridine rings is 1. The van der Waals surface area contributed by atoms with E-state index in [1.165, 1.54) is 6.20 Å². The van der Waals surface area contributed by atoms with Crippen molar-refractivity contribution in [1.82, 2.24) is 15.3 Å². The fourth-order valence-electron chi connectivity index (χ4n) is 2.90. The molecule has 0 aliphatic carbocycles. The van der Waals surface area contributed by atoms with Gasteiger partial charge in [-0.1, -0.05) is 18.2 Å². The number of allylic oxidation sites excluding steroid dienone is 1. The number of rotatable bonds is 5. The van der Waals surface area contributed by atoms with Crippen LogP contribution >= 0.6 is 0 Å². The second-order valence-corrected chi connectivity index (χ2v) is 6.14. The number of aryl methyl sites for hydroxylation is 1. The minimum atomic E-state index is -0.385. The van der Waals surface area contributed by atoms with Gasteiger partial charge in [-0.05, 0) is 53.3 Å². The third-order valence-electron chi connectivity index (χ3n) is 4.37. The highest BCUT2D eigenvalue weighted by Gasteiger charge is 2.17. The van der Waals surface area contributed by atoms with Crippen LogP contribution in [0.3, 0.4) is 0 Å². The Morgan fingerprint density at radius 1 is 1.19 bits per heavy atom. The van der Waals surface area contributed by atoms with Crippen molar-refractivity contribution in [3.63, 3.8) is 0 Å². The second-order valence-electron chi connectivity index (χ2n) is 6.14. The van der Waals surface area contributed by atoms with Crippen molar-refractivity contribution in [2.75, 3.05) is 7.05 Å². The lowest BCUT2D eigenvalue weighted by atomic mass is 9.96. The number of nitrogens with two attached hydrogens (primary N) is 1. The molecule has 1 aromatic heterocycles. The normalized spacial score (nSPS) is 11.3. The van der Waals surface area contributed by atoms with Crippen molar-refractivity contribution in [3.8, 4) is 11.1 Å². The third kappa shape index (κ3) is 3.70. The van der Waals surface area contributed by atoms with E-state index in [0.717, 1.165) is 38.7 Å². The quantitative estimate of drug-likeness (QED) is 0.282. The molecule has 0 radical (unpaired) electrons. The Morgan fingerprint density at radius 2 is 2.00 bits per heavy atom. The molecule has 0 saturated carbocycles. The highest BCUT2D eigenvalue weighted by molar-refractivity contribution is 5.99. The number of carbonyl (C=O) groups is 1. The van der Waals surface area contributed by atoms with Crippen LogP contribution in [0.1, 0.15) is 15.9 Å². The molecular weight excluding hydrogens is 338 g/mol. The van der Waals surface area contributed by atoms with Crippen molar-refractivity contribution < 1.29 is 4.79 Å². The number of carbonyl (C=O) groups excluding carboxylic acids is 1. The van der Waals surface area contributed by atoms with E-state index < -0.39 is 0 Å². The molecule has 0 aliphatic rings. The van der Waals surface area contributed by atoms with Gasteiger partial charge in [0.05, 0.1) is 5.70 Å². The van der Waals surface area contributed by atoms with Gasteiger partial charge in [-0.3, -0.25) is 9.78 Å². The van der Waals surface area contributed by atoms with E-state index in [1.54, 1.807) is 19.3 Å². The first kappa shape index (κ1) is 18.3. The molecule has 0 atom stereocenters. The maximum absolute atomic E-state index is 12.7. The first-order valence-corrected chi connectivity index (χ1v) is 8.47. The van der Waals surface area contributed by atoms with Crippen LogP contribution in [-0.2, 0) is 0 Å². The summed E-state index contributed by atoms with van der Waals surface area (Å²) in [5.41, 5.74) is 3.73. The predicted molar refractivity (Wildman–Crippen MR) is 108 cm³/mol. The van der Waals surface area contributed by atoms with Gasteiger partial charge in [0, 0.05) is 42.8 Å². The van der Waals surface area contributed by atoms with Crippen LogP contribution in [0.25, 0.3) is 21.9 Å². The van der Waals surface area contributed by atoms with Gasteiger partial charge in [-0.25, -0.2) is 10.9 Å². The Bertz CT molecular complexity index is 1040. The number of fused-ring (bicyclic) bond motifs is 1. The summed E-state index contributed by atoms with van der Waals surface area (Å²) < 4.78 is 0. The average Bonchev–Trinajstić information content (AvgIpc) is 2.71. The number of amides is 1. The van der Waals surface area contributed by atoms with E-state index in [9.17, 15) is 4.79 Å². The monoisotopic (exact) mass is 359 g/mol. The number of hydrogen-bond donors (Lipinski definition) is 3. The number of hydrogen-bond acceptors (Lipinski definition) is 5. The summed E-state index contributed by atoms with van der Waals surface area (Å²) in [7, 11) is 1.68. The van der Waals surface area contributed by atoms with Gasteiger partial charge >= 0.3 is 0 Å². The topological polar surface area (TPSA) is 95.1 Å². The van der Waals surface area contributed by atoms with Crippen LogP contribution < -0.4 is 11.2 Å². The first-order chi connectivity index (χ1) is 13.0. The SMILES string of the molecule is CN/C=C(\C=N)N(N)C(=O)c1ccc(C)c(-c2ccc3ccncc3c2)c1. The molecule has 2 aromatic carbocycles. The molecule has 3 rings (SSSR count). The molecule has 0 aliphatic heterocycles. The molecule has 0 unspecified atom stereocenters. The summed E-state index contributed by atoms with van der Waals surface area (Å²) in [6, 6.07) is 13.6. The van der Waals surface area contributed by atoms with E-state index in [0.29, 0.717) is 5.56 Å². The maximum Gasteiger partial charge on any atom is 0.272 e. The number of aromatic nitrogens is 1. The van der Waals surface area contributed by atoms with Crippen LogP contribution in [-0.4, -0.2) is 29.2 Å². The molecule has 6 nitrogen and oxygen atoms in total. The van der Waals surface area contributed by atoms with Crippen molar-refractivity contribution >= 4 is 22.9 Å². The zero-order valence-electron chi connectivity index (χ0n) is 15.2. The van der Waals surface area contributed by atoms with Gasteiger partial charge < -0.3 is 10.7 Å². The van der Waals surface area contributed by atoms with Crippen molar-refractivity contribution in [2.45, 2.75) is 6.92 Å². The first-order valence-electron chi connectivity index (χ1n) is 8.47. The van der Waals surface area contributed by atoms with Gasteiger partial charge in [0.2, 0.25) is 0 Å². The fourth-order valence-corrected chi connectivity index (χ4v) is 2.90. The predicted octanol–water partition coefficient (Wildman–Crippen LogP) is 3.24. The minimum absolute atomic E-state index is 0.265. The molecule has 4 N–H and O–H groups in total. The van der Waals surface area contributed by atoms with Crippen molar-refractivity contribution in [1.29, 1.82) is 5.41 Å². The Hall–Kier alpha value is -3.51. The standard InChI is InChI=1S/C21H21N5O/c1-14-3-4-17(21(27)26(23)19(11-22)13-24-2)10-20(14)16-6-5-15-7-8-25-12-18(15)9-16/h3-13,22,24H,23H2,1-2H3/b19-13+,22-11?. The van der Waals surface area contributed by atoms with Gasteiger partial charge in [0.1, 0.15) is 0 Å². The Morgan fingerprint density at radius 3 is 2.74 bits per heavy atom. The number of hydrazine groups is 1. The molecule has 0 bridgehead atoms. The van der Waals surface area contributed by atoms with E-state index in [1.807, 2.05) is 43.5 Å². The molecule has 0 spiro atoms. The van der Waals surface area contributed by atoms with Gasteiger partial charge in [-0.2, -0.15) is 0 Å². The molecule has 0 saturated heterocycles. The van der Waals surface area contributed by atoms with E-state index in [-0.39, 0.29) is 11.6 Å². The molecular formula is C21H21N5O. The largest absolute Gasteiger partial charge is 0.392 e. The summed E-state index contributed by atoms with van der Waals surface area (Å²) in [5.74, 6) is 5.52.